The molecule has 3 atom stereocenters. The highest BCUT2D eigenvalue weighted by Crippen LogP contribution is 2.29. The number of nitrogens with two attached hydrogens (primary N) is 1. The molecule has 0 aromatic heterocycles. The molecule has 2 rings (SSSR count). The third kappa shape index (κ3) is 3.18. The number of hydrogen-bond donors (Lipinski definition) is 1. The van der Waals surface area contributed by atoms with E-state index in [0.717, 1.165) is 36.5 Å². The average Bonchev–Trinajstić information content (AvgIpc) is 2.82. The van der Waals surface area contributed by atoms with E-state index in [2.05, 4.69) is 6.92 Å². The van der Waals surface area contributed by atoms with Gasteiger partial charge in [-0.1, -0.05) is 30.1 Å². The molecule has 1 fully saturated rings. The summed E-state index contributed by atoms with van der Waals surface area (Å²) in [6.45, 7) is 2.96. The van der Waals surface area contributed by atoms with E-state index in [4.69, 9.17) is 33.7 Å². The highest BCUT2D eigenvalue weighted by atomic mass is 35.5. The van der Waals surface area contributed by atoms with Crippen LogP contribution < -0.4 is 5.73 Å². The van der Waals surface area contributed by atoms with Crippen LogP contribution in [0, 0.1) is 5.92 Å². The van der Waals surface area contributed by atoms with Gasteiger partial charge in [0.15, 0.2) is 0 Å². The summed E-state index contributed by atoms with van der Waals surface area (Å²) in [5.74, 6) is 0.421. The van der Waals surface area contributed by atoms with Crippen molar-refractivity contribution in [1.82, 2.24) is 0 Å². The third-order valence-electron chi connectivity index (χ3n) is 3.68. The fourth-order valence-electron chi connectivity index (χ4n) is 2.68. The quantitative estimate of drug-likeness (QED) is 0.917. The van der Waals surface area contributed by atoms with Crippen LogP contribution in [0.4, 0.5) is 0 Å². The summed E-state index contributed by atoms with van der Waals surface area (Å²) in [6.07, 6.45) is 3.10. The molecule has 3 unspecified atom stereocenters. The van der Waals surface area contributed by atoms with Crippen molar-refractivity contribution in [2.45, 2.75) is 38.3 Å². The molecular formula is C14H19Cl2NO. The van der Waals surface area contributed by atoms with Crippen LogP contribution in [0.15, 0.2) is 18.2 Å². The average molecular weight is 288 g/mol. The first-order valence-corrected chi connectivity index (χ1v) is 7.18. The maximum absolute atomic E-state index is 6.31. The van der Waals surface area contributed by atoms with Gasteiger partial charge in [-0.15, -0.1) is 0 Å². The number of benzene rings is 1. The molecule has 4 heteroatoms. The van der Waals surface area contributed by atoms with Gasteiger partial charge in [0.05, 0.1) is 6.10 Å². The first kappa shape index (κ1) is 14.1. The van der Waals surface area contributed by atoms with Gasteiger partial charge in [-0.3, -0.25) is 0 Å². The van der Waals surface area contributed by atoms with Crippen molar-refractivity contribution in [1.29, 1.82) is 0 Å². The zero-order valence-electron chi connectivity index (χ0n) is 10.5. The van der Waals surface area contributed by atoms with Crippen LogP contribution in [0.3, 0.4) is 0 Å². The molecule has 0 spiro atoms. The molecule has 18 heavy (non-hydrogen) atoms. The Bertz CT molecular complexity index is 411. The second-order valence-corrected chi connectivity index (χ2v) is 5.72. The van der Waals surface area contributed by atoms with E-state index in [1.165, 1.54) is 0 Å². The standard InChI is InChI=1S/C14H19Cl2NO/c1-2-14-11(5-6-18-14)13(17)8-9-7-10(15)3-4-12(9)16/h3-4,7,11,13-14H,2,5-6,8,17H2,1H3. The minimum Gasteiger partial charge on any atom is -0.378 e. The third-order valence-corrected chi connectivity index (χ3v) is 4.28. The predicted molar refractivity (Wildman–Crippen MR) is 76.3 cm³/mol. The van der Waals surface area contributed by atoms with E-state index in [-0.39, 0.29) is 12.1 Å². The normalized spacial score (nSPS) is 25.3. The molecule has 2 N–H and O–H groups in total. The molecule has 100 valence electrons. The van der Waals surface area contributed by atoms with E-state index in [0.29, 0.717) is 10.9 Å². The van der Waals surface area contributed by atoms with Crippen LogP contribution in [0.5, 0.6) is 0 Å². The number of halogens is 2. The first-order chi connectivity index (χ1) is 8.61. The van der Waals surface area contributed by atoms with Gasteiger partial charge in [0, 0.05) is 28.6 Å². The van der Waals surface area contributed by atoms with E-state index in [9.17, 15) is 0 Å². The van der Waals surface area contributed by atoms with Crippen molar-refractivity contribution in [3.05, 3.63) is 33.8 Å². The monoisotopic (exact) mass is 287 g/mol. The largest absolute Gasteiger partial charge is 0.378 e. The van der Waals surface area contributed by atoms with Crippen LogP contribution >= 0.6 is 23.2 Å². The van der Waals surface area contributed by atoms with E-state index in [1.807, 2.05) is 12.1 Å². The highest BCUT2D eigenvalue weighted by molar-refractivity contribution is 6.33. The van der Waals surface area contributed by atoms with Crippen LogP contribution in [-0.2, 0) is 11.2 Å². The lowest BCUT2D eigenvalue weighted by Crippen LogP contribution is -2.37. The highest BCUT2D eigenvalue weighted by Gasteiger charge is 2.31. The minimum absolute atomic E-state index is 0.0772. The number of ether oxygens (including phenoxy) is 1. The summed E-state index contributed by atoms with van der Waals surface area (Å²) >= 11 is 12.2. The van der Waals surface area contributed by atoms with Gasteiger partial charge in [0.25, 0.3) is 0 Å². The van der Waals surface area contributed by atoms with Gasteiger partial charge in [-0.05, 0) is 43.0 Å². The maximum atomic E-state index is 6.31. The molecule has 1 aliphatic rings. The minimum atomic E-state index is 0.0772. The summed E-state index contributed by atoms with van der Waals surface area (Å²) in [5.41, 5.74) is 7.34. The lowest BCUT2D eigenvalue weighted by Gasteiger charge is -2.24. The van der Waals surface area contributed by atoms with Crippen LogP contribution in [-0.4, -0.2) is 18.8 Å². The molecule has 0 radical (unpaired) electrons. The molecular weight excluding hydrogens is 269 g/mol. The fraction of sp³-hybridized carbons (Fsp3) is 0.571. The van der Waals surface area contributed by atoms with E-state index >= 15 is 0 Å². The van der Waals surface area contributed by atoms with E-state index in [1.54, 1.807) is 6.07 Å². The van der Waals surface area contributed by atoms with Crippen LogP contribution in [0.1, 0.15) is 25.3 Å². The Morgan fingerprint density at radius 1 is 1.44 bits per heavy atom. The topological polar surface area (TPSA) is 35.2 Å². The summed E-state index contributed by atoms with van der Waals surface area (Å²) in [5, 5.41) is 1.44. The number of rotatable bonds is 4. The van der Waals surface area contributed by atoms with Gasteiger partial charge in [0.2, 0.25) is 0 Å². The summed E-state index contributed by atoms with van der Waals surface area (Å²) in [6, 6.07) is 5.61. The molecule has 1 aromatic carbocycles. The van der Waals surface area contributed by atoms with Gasteiger partial charge in [0.1, 0.15) is 0 Å². The number of hydrogen-bond acceptors (Lipinski definition) is 2. The van der Waals surface area contributed by atoms with Gasteiger partial charge >= 0.3 is 0 Å². The van der Waals surface area contributed by atoms with Crippen LogP contribution in [0.25, 0.3) is 0 Å². The van der Waals surface area contributed by atoms with Crippen molar-refractivity contribution in [2.75, 3.05) is 6.61 Å². The SMILES string of the molecule is CCC1OCCC1C(N)Cc1cc(Cl)ccc1Cl. The van der Waals surface area contributed by atoms with Gasteiger partial charge in [-0.2, -0.15) is 0 Å². The predicted octanol–water partition coefficient (Wildman–Crippen LogP) is 3.68. The van der Waals surface area contributed by atoms with Gasteiger partial charge in [-0.25, -0.2) is 0 Å². The molecule has 2 nitrogen and oxygen atoms in total. The lowest BCUT2D eigenvalue weighted by atomic mass is 9.88. The molecule has 0 amide bonds. The summed E-state index contributed by atoms with van der Waals surface area (Å²) in [4.78, 5) is 0. The Morgan fingerprint density at radius 3 is 2.94 bits per heavy atom. The Hall–Kier alpha value is -0.280. The molecule has 0 aliphatic carbocycles. The second kappa shape index (κ2) is 6.25. The van der Waals surface area contributed by atoms with Crippen molar-refractivity contribution in [3.63, 3.8) is 0 Å². The van der Waals surface area contributed by atoms with Crippen molar-refractivity contribution < 1.29 is 4.74 Å². The van der Waals surface area contributed by atoms with Crippen molar-refractivity contribution in [3.8, 4) is 0 Å². The van der Waals surface area contributed by atoms with Gasteiger partial charge < -0.3 is 10.5 Å². The Morgan fingerprint density at radius 2 is 2.22 bits per heavy atom. The summed E-state index contributed by atoms with van der Waals surface area (Å²) < 4.78 is 5.69. The van der Waals surface area contributed by atoms with E-state index < -0.39 is 0 Å². The Kier molecular flexibility index (Phi) is 4.91. The zero-order valence-corrected chi connectivity index (χ0v) is 12.0. The summed E-state index contributed by atoms with van der Waals surface area (Å²) in [7, 11) is 0. The second-order valence-electron chi connectivity index (χ2n) is 4.87. The first-order valence-electron chi connectivity index (χ1n) is 6.43. The smallest absolute Gasteiger partial charge is 0.0616 e. The molecule has 1 saturated heterocycles. The Labute approximate surface area is 118 Å². The molecule has 0 saturated carbocycles. The fourth-order valence-corrected chi connectivity index (χ4v) is 3.07. The maximum Gasteiger partial charge on any atom is 0.0616 e. The van der Waals surface area contributed by atoms with Crippen molar-refractivity contribution >= 4 is 23.2 Å². The Balaban J connectivity index is 2.06. The molecule has 0 bridgehead atoms. The molecule has 1 heterocycles. The molecule has 1 aliphatic heterocycles. The van der Waals surface area contributed by atoms with Crippen molar-refractivity contribution in [2.24, 2.45) is 11.7 Å². The molecule has 1 aromatic rings. The van der Waals surface area contributed by atoms with Crippen LogP contribution in [0.2, 0.25) is 10.0 Å². The lowest BCUT2D eigenvalue weighted by molar-refractivity contribution is 0.0814. The zero-order chi connectivity index (χ0) is 13.1.